The maximum Gasteiger partial charge on any atom is 0.0261 e. The van der Waals surface area contributed by atoms with Gasteiger partial charge in [-0.25, -0.2) is 5.01 Å². The summed E-state index contributed by atoms with van der Waals surface area (Å²) in [5.74, 6) is 0. The quantitative estimate of drug-likeness (QED) is 0.540. The molecule has 2 nitrogen and oxygen atoms in total. The molecule has 0 aromatic rings. The van der Waals surface area contributed by atoms with Crippen molar-refractivity contribution in [3.8, 4) is 0 Å². The second-order valence-corrected chi connectivity index (χ2v) is 4.35. The zero-order chi connectivity index (χ0) is 7.19. The van der Waals surface area contributed by atoms with Crippen molar-refractivity contribution in [2.24, 2.45) is 5.41 Å². The van der Waals surface area contributed by atoms with Crippen LogP contribution in [0.25, 0.3) is 0 Å². The van der Waals surface area contributed by atoms with E-state index in [9.17, 15) is 0 Å². The molecule has 1 unspecified atom stereocenters. The molecule has 2 fully saturated rings. The fourth-order valence-electron chi connectivity index (χ4n) is 2.22. The van der Waals surface area contributed by atoms with Crippen molar-refractivity contribution in [1.29, 1.82) is 0 Å². The number of rotatable bonds is 0. The molecule has 2 aliphatic heterocycles. The summed E-state index contributed by atoms with van der Waals surface area (Å²) in [6.45, 7) is 7.14. The Hall–Kier alpha value is -0.0800. The molecule has 1 atom stereocenters. The highest BCUT2D eigenvalue weighted by molar-refractivity contribution is 4.91. The molecule has 0 aromatic carbocycles. The van der Waals surface area contributed by atoms with E-state index >= 15 is 0 Å². The van der Waals surface area contributed by atoms with Crippen molar-refractivity contribution in [3.05, 3.63) is 0 Å². The van der Waals surface area contributed by atoms with Gasteiger partial charge in [-0.1, -0.05) is 13.8 Å². The fraction of sp³-hybridized carbons (Fsp3) is 1.00. The summed E-state index contributed by atoms with van der Waals surface area (Å²) in [6, 6.07) is 0.843. The average Bonchev–Trinajstić information content (AvgIpc) is 2.20. The van der Waals surface area contributed by atoms with E-state index in [-0.39, 0.29) is 0 Å². The number of nitrogens with zero attached hydrogens (tertiary/aromatic N) is 1. The predicted molar refractivity (Wildman–Crippen MR) is 41.5 cm³/mol. The van der Waals surface area contributed by atoms with Gasteiger partial charge in [-0.15, -0.1) is 0 Å². The van der Waals surface area contributed by atoms with Gasteiger partial charge in [0.1, 0.15) is 0 Å². The lowest BCUT2D eigenvalue weighted by atomic mass is 9.90. The Balaban J connectivity index is 2.07. The predicted octanol–water partition coefficient (Wildman–Crippen LogP) is 0.995. The molecule has 0 radical (unpaired) electrons. The summed E-state index contributed by atoms with van der Waals surface area (Å²) < 4.78 is 0. The van der Waals surface area contributed by atoms with E-state index in [4.69, 9.17) is 0 Å². The first-order valence-electron chi connectivity index (χ1n) is 4.18. The molecule has 0 spiro atoms. The minimum absolute atomic E-state index is 0.554. The third-order valence-electron chi connectivity index (χ3n) is 2.62. The summed E-state index contributed by atoms with van der Waals surface area (Å²) >= 11 is 0. The maximum absolute atomic E-state index is 3.41. The van der Waals surface area contributed by atoms with E-state index in [2.05, 4.69) is 24.3 Å². The number of hydrogen-bond donors (Lipinski definition) is 1. The lowest BCUT2D eigenvalue weighted by molar-refractivity contribution is 0.222. The molecular weight excluding hydrogens is 124 g/mol. The first-order valence-corrected chi connectivity index (χ1v) is 4.18. The Morgan fingerprint density at radius 3 is 3.00 bits per heavy atom. The van der Waals surface area contributed by atoms with Crippen LogP contribution in [0.2, 0.25) is 0 Å². The number of hydrogen-bond acceptors (Lipinski definition) is 2. The monoisotopic (exact) mass is 140 g/mol. The first-order chi connectivity index (χ1) is 4.67. The Kier molecular flexibility index (Phi) is 1.29. The Bertz CT molecular complexity index is 128. The van der Waals surface area contributed by atoms with Gasteiger partial charge in [0.2, 0.25) is 0 Å². The van der Waals surface area contributed by atoms with Crippen LogP contribution in [0.15, 0.2) is 0 Å². The number of fused-ring (bicyclic) bond motifs is 1. The molecule has 0 aliphatic carbocycles. The molecule has 58 valence electrons. The third kappa shape index (κ3) is 0.956. The molecule has 2 saturated heterocycles. The summed E-state index contributed by atoms with van der Waals surface area (Å²) in [4.78, 5) is 0. The minimum Gasteiger partial charge on any atom is -0.255 e. The summed E-state index contributed by atoms with van der Waals surface area (Å²) in [6.07, 6.45) is 2.73. The van der Waals surface area contributed by atoms with Crippen LogP contribution in [0.1, 0.15) is 26.7 Å². The maximum atomic E-state index is 3.41. The minimum atomic E-state index is 0.554. The standard InChI is InChI=1S/C8H16N2/c1-8(2)5-7-3-4-9-10(7)6-8/h7,9H,3-6H2,1-2H3. The smallest absolute Gasteiger partial charge is 0.0261 e. The van der Waals surface area contributed by atoms with Gasteiger partial charge in [-0.3, -0.25) is 5.43 Å². The molecule has 2 heterocycles. The van der Waals surface area contributed by atoms with E-state index in [1.807, 2.05) is 0 Å². The topological polar surface area (TPSA) is 15.3 Å². The van der Waals surface area contributed by atoms with Gasteiger partial charge in [0.25, 0.3) is 0 Å². The van der Waals surface area contributed by atoms with Crippen LogP contribution < -0.4 is 5.43 Å². The van der Waals surface area contributed by atoms with E-state index in [0.29, 0.717) is 5.41 Å². The molecule has 2 heteroatoms. The Morgan fingerprint density at radius 1 is 1.50 bits per heavy atom. The van der Waals surface area contributed by atoms with Gasteiger partial charge in [-0.2, -0.15) is 0 Å². The SMILES string of the molecule is CC1(C)CC2CCNN2C1. The van der Waals surface area contributed by atoms with Crippen molar-refractivity contribution in [2.45, 2.75) is 32.7 Å². The van der Waals surface area contributed by atoms with Crippen LogP contribution in [-0.4, -0.2) is 24.1 Å². The zero-order valence-corrected chi connectivity index (χ0v) is 6.85. The van der Waals surface area contributed by atoms with Crippen LogP contribution in [-0.2, 0) is 0 Å². The lowest BCUT2D eigenvalue weighted by Gasteiger charge is -2.17. The van der Waals surface area contributed by atoms with E-state index < -0.39 is 0 Å². The van der Waals surface area contributed by atoms with Gasteiger partial charge in [0, 0.05) is 19.1 Å². The molecule has 10 heavy (non-hydrogen) atoms. The molecule has 0 aromatic heterocycles. The van der Waals surface area contributed by atoms with Crippen molar-refractivity contribution in [3.63, 3.8) is 0 Å². The van der Waals surface area contributed by atoms with E-state index in [1.165, 1.54) is 25.9 Å². The van der Waals surface area contributed by atoms with Gasteiger partial charge >= 0.3 is 0 Å². The molecule has 2 rings (SSSR count). The first kappa shape index (κ1) is 6.62. The van der Waals surface area contributed by atoms with Gasteiger partial charge in [0.05, 0.1) is 0 Å². The normalized spacial score (nSPS) is 38.4. The van der Waals surface area contributed by atoms with Crippen molar-refractivity contribution in [2.75, 3.05) is 13.1 Å². The van der Waals surface area contributed by atoms with Crippen LogP contribution >= 0.6 is 0 Å². The van der Waals surface area contributed by atoms with Crippen molar-refractivity contribution in [1.82, 2.24) is 10.4 Å². The fourth-order valence-corrected chi connectivity index (χ4v) is 2.22. The van der Waals surface area contributed by atoms with Crippen LogP contribution in [0.5, 0.6) is 0 Å². The van der Waals surface area contributed by atoms with E-state index in [1.54, 1.807) is 0 Å². The summed E-state index contributed by atoms with van der Waals surface area (Å²) in [5.41, 5.74) is 3.96. The van der Waals surface area contributed by atoms with Crippen LogP contribution in [0.3, 0.4) is 0 Å². The second kappa shape index (κ2) is 1.95. The van der Waals surface area contributed by atoms with Crippen LogP contribution in [0, 0.1) is 5.41 Å². The Labute approximate surface area is 62.6 Å². The highest BCUT2D eigenvalue weighted by atomic mass is 15.6. The largest absolute Gasteiger partial charge is 0.255 e. The van der Waals surface area contributed by atoms with Gasteiger partial charge in [-0.05, 0) is 18.3 Å². The van der Waals surface area contributed by atoms with Crippen molar-refractivity contribution < 1.29 is 0 Å². The molecule has 0 saturated carbocycles. The van der Waals surface area contributed by atoms with Gasteiger partial charge < -0.3 is 0 Å². The number of hydrazine groups is 1. The molecular formula is C8H16N2. The van der Waals surface area contributed by atoms with E-state index in [0.717, 1.165) is 6.04 Å². The lowest BCUT2D eigenvalue weighted by Crippen LogP contribution is -2.33. The average molecular weight is 140 g/mol. The van der Waals surface area contributed by atoms with Crippen LogP contribution in [0.4, 0.5) is 0 Å². The molecule has 1 N–H and O–H groups in total. The highest BCUT2D eigenvalue weighted by Gasteiger charge is 2.39. The van der Waals surface area contributed by atoms with Crippen molar-refractivity contribution >= 4 is 0 Å². The third-order valence-corrected chi connectivity index (χ3v) is 2.62. The summed E-state index contributed by atoms with van der Waals surface area (Å²) in [7, 11) is 0. The number of nitrogens with one attached hydrogen (secondary N) is 1. The molecule has 0 bridgehead atoms. The highest BCUT2D eigenvalue weighted by Crippen LogP contribution is 2.35. The molecule has 0 amide bonds. The zero-order valence-electron chi connectivity index (χ0n) is 6.85. The second-order valence-electron chi connectivity index (χ2n) is 4.35. The van der Waals surface area contributed by atoms with Gasteiger partial charge in [0.15, 0.2) is 0 Å². The molecule has 2 aliphatic rings. The Morgan fingerprint density at radius 2 is 2.30 bits per heavy atom. The summed E-state index contributed by atoms with van der Waals surface area (Å²) in [5, 5.41) is 2.42.